The topological polar surface area (TPSA) is 134 Å². The van der Waals surface area contributed by atoms with Gasteiger partial charge >= 0.3 is 0 Å². The molecule has 2 saturated heterocycles. The Balaban J connectivity index is 1.56. The standard InChI is InChI=1S/C23H26N6O5/c1-34-17-6-4-15(5-7-17)23(33)29-10-9-28(22(32)16-11-24-14-25-12-16)13-19(29)21(31)27-18-3-2-8-26-20(18)30/h4-7,11-12,14,18-19H,2-3,8-10,13H2,1H3,(H,26,30)(H,27,31)/t18-,19+/m0/s1. The third-order valence-electron chi connectivity index (χ3n) is 5.98. The number of carbonyl (C=O) groups excluding carboxylic acids is 4. The number of piperazine rings is 1. The molecule has 178 valence electrons. The van der Waals surface area contributed by atoms with Gasteiger partial charge in [-0.15, -0.1) is 0 Å². The van der Waals surface area contributed by atoms with Crippen LogP contribution < -0.4 is 15.4 Å². The summed E-state index contributed by atoms with van der Waals surface area (Å²) in [5.41, 5.74) is 0.688. The molecule has 2 fully saturated rings. The summed E-state index contributed by atoms with van der Waals surface area (Å²) in [6, 6.07) is 4.96. The second kappa shape index (κ2) is 10.3. The van der Waals surface area contributed by atoms with Crippen LogP contribution in [0.25, 0.3) is 0 Å². The average molecular weight is 466 g/mol. The van der Waals surface area contributed by atoms with Crippen molar-refractivity contribution in [1.82, 2.24) is 30.4 Å². The lowest BCUT2D eigenvalue weighted by molar-refractivity contribution is -0.133. The molecule has 4 rings (SSSR count). The van der Waals surface area contributed by atoms with Gasteiger partial charge in [0, 0.05) is 37.6 Å². The number of hydrogen-bond donors (Lipinski definition) is 2. The minimum Gasteiger partial charge on any atom is -0.497 e. The van der Waals surface area contributed by atoms with Gasteiger partial charge < -0.3 is 25.2 Å². The molecule has 0 unspecified atom stereocenters. The molecule has 0 saturated carbocycles. The molecule has 0 aliphatic carbocycles. The van der Waals surface area contributed by atoms with E-state index in [0.717, 1.165) is 6.42 Å². The summed E-state index contributed by atoms with van der Waals surface area (Å²) in [7, 11) is 1.53. The van der Waals surface area contributed by atoms with Gasteiger partial charge in [0.2, 0.25) is 11.8 Å². The van der Waals surface area contributed by atoms with Gasteiger partial charge in [-0.25, -0.2) is 9.97 Å². The van der Waals surface area contributed by atoms with Gasteiger partial charge in [0.1, 0.15) is 24.2 Å². The molecule has 11 heteroatoms. The number of rotatable bonds is 5. The normalized spacial score (nSPS) is 20.3. The number of piperidine rings is 1. The van der Waals surface area contributed by atoms with E-state index in [-0.39, 0.29) is 37.4 Å². The number of methoxy groups -OCH3 is 1. The molecule has 11 nitrogen and oxygen atoms in total. The van der Waals surface area contributed by atoms with Gasteiger partial charge in [-0.05, 0) is 37.1 Å². The van der Waals surface area contributed by atoms with Crippen molar-refractivity contribution >= 4 is 23.6 Å². The molecular weight excluding hydrogens is 440 g/mol. The van der Waals surface area contributed by atoms with Crippen LogP contribution in [0.5, 0.6) is 5.75 Å². The van der Waals surface area contributed by atoms with Crippen LogP contribution in [-0.2, 0) is 9.59 Å². The number of hydrogen-bond acceptors (Lipinski definition) is 7. The van der Waals surface area contributed by atoms with Crippen molar-refractivity contribution in [2.24, 2.45) is 0 Å². The van der Waals surface area contributed by atoms with E-state index in [2.05, 4.69) is 20.6 Å². The molecule has 2 atom stereocenters. The summed E-state index contributed by atoms with van der Waals surface area (Å²) in [6.07, 6.45) is 5.40. The SMILES string of the molecule is COc1ccc(C(=O)N2CCN(C(=O)c3cncnc3)C[C@@H]2C(=O)N[C@H]2CCCNC2=O)cc1. The fraction of sp³-hybridized carbons (Fsp3) is 0.391. The van der Waals surface area contributed by atoms with Crippen molar-refractivity contribution in [3.63, 3.8) is 0 Å². The molecule has 4 amide bonds. The maximum atomic E-state index is 13.3. The first-order valence-corrected chi connectivity index (χ1v) is 11.1. The number of nitrogens with zero attached hydrogens (tertiary/aromatic N) is 4. The Kier molecular flexibility index (Phi) is 7.00. The van der Waals surface area contributed by atoms with Crippen LogP contribution in [0.1, 0.15) is 33.6 Å². The molecule has 2 aromatic rings. The van der Waals surface area contributed by atoms with Gasteiger partial charge in [0.25, 0.3) is 11.8 Å². The summed E-state index contributed by atoms with van der Waals surface area (Å²) < 4.78 is 5.15. The summed E-state index contributed by atoms with van der Waals surface area (Å²) in [6.45, 7) is 0.941. The van der Waals surface area contributed by atoms with Crippen molar-refractivity contribution in [3.8, 4) is 5.75 Å². The third kappa shape index (κ3) is 4.98. The van der Waals surface area contributed by atoms with E-state index < -0.39 is 18.0 Å². The van der Waals surface area contributed by atoms with Gasteiger partial charge in [-0.1, -0.05) is 0 Å². The first kappa shape index (κ1) is 23.1. The molecule has 2 aliphatic heterocycles. The second-order valence-electron chi connectivity index (χ2n) is 8.12. The Morgan fingerprint density at radius 1 is 1.06 bits per heavy atom. The molecule has 1 aromatic carbocycles. The number of aromatic nitrogens is 2. The van der Waals surface area contributed by atoms with Crippen molar-refractivity contribution in [1.29, 1.82) is 0 Å². The molecule has 2 aliphatic rings. The number of benzene rings is 1. The Morgan fingerprint density at radius 2 is 1.79 bits per heavy atom. The van der Waals surface area contributed by atoms with E-state index in [1.165, 1.54) is 35.6 Å². The number of amides is 4. The highest BCUT2D eigenvalue weighted by atomic mass is 16.5. The van der Waals surface area contributed by atoms with Crippen LogP contribution in [0.3, 0.4) is 0 Å². The minimum atomic E-state index is -0.966. The first-order chi connectivity index (χ1) is 16.5. The number of carbonyl (C=O) groups is 4. The van der Waals surface area contributed by atoms with Crippen molar-refractivity contribution in [2.75, 3.05) is 33.3 Å². The van der Waals surface area contributed by atoms with Gasteiger partial charge in [-0.2, -0.15) is 0 Å². The molecule has 0 spiro atoms. The highest BCUT2D eigenvalue weighted by Crippen LogP contribution is 2.19. The van der Waals surface area contributed by atoms with E-state index in [1.54, 1.807) is 24.3 Å². The lowest BCUT2D eigenvalue weighted by atomic mass is 10.0. The molecule has 3 heterocycles. The fourth-order valence-electron chi connectivity index (χ4n) is 4.10. The lowest BCUT2D eigenvalue weighted by Gasteiger charge is -2.41. The van der Waals surface area contributed by atoms with E-state index in [9.17, 15) is 19.2 Å². The van der Waals surface area contributed by atoms with Crippen LogP contribution in [0.2, 0.25) is 0 Å². The fourth-order valence-corrected chi connectivity index (χ4v) is 4.10. The van der Waals surface area contributed by atoms with Crippen LogP contribution in [0, 0.1) is 0 Å². The highest BCUT2D eigenvalue weighted by molar-refractivity contribution is 6.00. The van der Waals surface area contributed by atoms with Gasteiger partial charge in [0.15, 0.2) is 0 Å². The molecule has 1 aromatic heterocycles. The monoisotopic (exact) mass is 466 g/mol. The molecular formula is C23H26N6O5. The molecule has 0 bridgehead atoms. The number of nitrogens with one attached hydrogen (secondary N) is 2. The molecule has 0 radical (unpaired) electrons. The highest BCUT2D eigenvalue weighted by Gasteiger charge is 2.39. The second-order valence-corrected chi connectivity index (χ2v) is 8.12. The Morgan fingerprint density at radius 3 is 2.47 bits per heavy atom. The number of ether oxygens (including phenoxy) is 1. The third-order valence-corrected chi connectivity index (χ3v) is 5.98. The quantitative estimate of drug-likeness (QED) is 0.626. The smallest absolute Gasteiger partial charge is 0.257 e. The summed E-state index contributed by atoms with van der Waals surface area (Å²) >= 11 is 0. The first-order valence-electron chi connectivity index (χ1n) is 11.1. The molecule has 2 N–H and O–H groups in total. The summed E-state index contributed by atoms with van der Waals surface area (Å²) in [5, 5.41) is 5.50. The van der Waals surface area contributed by atoms with E-state index in [1.807, 2.05) is 0 Å². The lowest BCUT2D eigenvalue weighted by Crippen LogP contribution is -2.63. The predicted octanol–water partition coefficient (Wildman–Crippen LogP) is -0.153. The van der Waals surface area contributed by atoms with Crippen molar-refractivity contribution in [2.45, 2.75) is 24.9 Å². The van der Waals surface area contributed by atoms with Crippen LogP contribution in [0.15, 0.2) is 43.0 Å². The maximum absolute atomic E-state index is 13.3. The predicted molar refractivity (Wildman–Crippen MR) is 120 cm³/mol. The maximum Gasteiger partial charge on any atom is 0.257 e. The Hall–Kier alpha value is -4.02. The Labute approximate surface area is 196 Å². The van der Waals surface area contributed by atoms with E-state index in [4.69, 9.17) is 4.74 Å². The van der Waals surface area contributed by atoms with Gasteiger partial charge in [0.05, 0.1) is 19.2 Å². The zero-order chi connectivity index (χ0) is 24.1. The molecule has 34 heavy (non-hydrogen) atoms. The summed E-state index contributed by atoms with van der Waals surface area (Å²) in [4.78, 5) is 62.5. The van der Waals surface area contributed by atoms with Crippen molar-refractivity contribution in [3.05, 3.63) is 54.1 Å². The average Bonchev–Trinajstić information content (AvgIpc) is 2.89. The van der Waals surface area contributed by atoms with Gasteiger partial charge in [-0.3, -0.25) is 19.2 Å². The van der Waals surface area contributed by atoms with E-state index in [0.29, 0.717) is 29.8 Å². The van der Waals surface area contributed by atoms with Crippen LogP contribution in [-0.4, -0.2) is 88.8 Å². The zero-order valence-corrected chi connectivity index (χ0v) is 18.8. The van der Waals surface area contributed by atoms with Crippen LogP contribution >= 0.6 is 0 Å². The largest absolute Gasteiger partial charge is 0.497 e. The summed E-state index contributed by atoms with van der Waals surface area (Å²) in [5.74, 6) is -0.797. The van der Waals surface area contributed by atoms with Crippen molar-refractivity contribution < 1.29 is 23.9 Å². The Bertz CT molecular complexity index is 1060. The minimum absolute atomic E-state index is 0.0181. The van der Waals surface area contributed by atoms with E-state index >= 15 is 0 Å². The van der Waals surface area contributed by atoms with Crippen LogP contribution in [0.4, 0.5) is 0 Å². The zero-order valence-electron chi connectivity index (χ0n) is 18.8.